The van der Waals surface area contributed by atoms with Crippen molar-refractivity contribution in [3.8, 4) is 5.75 Å². The van der Waals surface area contributed by atoms with E-state index in [1.54, 1.807) is 12.1 Å². The second kappa shape index (κ2) is 9.04. The van der Waals surface area contributed by atoms with Gasteiger partial charge in [0.05, 0.1) is 19.8 Å². The lowest BCUT2D eigenvalue weighted by atomic mass is 9.96. The van der Waals surface area contributed by atoms with Crippen LogP contribution < -0.4 is 4.74 Å². The average Bonchev–Trinajstić information content (AvgIpc) is 2.83. The highest BCUT2D eigenvalue weighted by Crippen LogP contribution is 2.25. The molecule has 2 aliphatic rings. The zero-order valence-corrected chi connectivity index (χ0v) is 15.8. The van der Waals surface area contributed by atoms with Gasteiger partial charge in [0.1, 0.15) is 18.0 Å². The summed E-state index contributed by atoms with van der Waals surface area (Å²) in [6.07, 6.45) is 1.90. The Bertz CT molecular complexity index is 609. The maximum atomic E-state index is 12.6. The van der Waals surface area contributed by atoms with E-state index in [1.165, 1.54) is 0 Å². The van der Waals surface area contributed by atoms with Crippen LogP contribution in [0.2, 0.25) is 5.02 Å². The Morgan fingerprint density at radius 2 is 2.04 bits per heavy atom. The standard InChI is InChI=1S/C19H27ClN2O4/c20-16-3-1-4-17(13-16)26-15-19(24)5-2-7-22(8-6-19)18(23)14-21-9-11-25-12-10-21/h1,3-4,13,24H,2,5-12,14-15H2. The summed E-state index contributed by atoms with van der Waals surface area (Å²) in [5.41, 5.74) is -0.920. The summed E-state index contributed by atoms with van der Waals surface area (Å²) in [5.74, 6) is 0.780. The zero-order valence-electron chi connectivity index (χ0n) is 15.0. The molecule has 0 saturated carbocycles. The largest absolute Gasteiger partial charge is 0.491 e. The predicted octanol–water partition coefficient (Wildman–Crippen LogP) is 1.79. The van der Waals surface area contributed by atoms with E-state index in [0.29, 0.717) is 56.5 Å². The molecule has 0 radical (unpaired) electrons. The molecule has 2 saturated heterocycles. The quantitative estimate of drug-likeness (QED) is 0.841. The van der Waals surface area contributed by atoms with Crippen LogP contribution in [-0.4, -0.2) is 79.0 Å². The Morgan fingerprint density at radius 1 is 1.23 bits per heavy atom. The second-order valence-electron chi connectivity index (χ2n) is 7.09. The summed E-state index contributed by atoms with van der Waals surface area (Å²) >= 11 is 5.96. The van der Waals surface area contributed by atoms with Gasteiger partial charge in [-0.1, -0.05) is 17.7 Å². The molecule has 1 aromatic carbocycles. The number of ether oxygens (including phenoxy) is 2. The molecule has 0 aromatic heterocycles. The molecule has 6 nitrogen and oxygen atoms in total. The zero-order chi connectivity index (χ0) is 18.4. The fraction of sp³-hybridized carbons (Fsp3) is 0.632. The molecule has 3 rings (SSSR count). The normalized spacial score (nSPS) is 24.9. The first-order valence-corrected chi connectivity index (χ1v) is 9.61. The van der Waals surface area contributed by atoms with Crippen LogP contribution >= 0.6 is 11.6 Å². The van der Waals surface area contributed by atoms with Gasteiger partial charge in [0.15, 0.2) is 0 Å². The second-order valence-corrected chi connectivity index (χ2v) is 7.53. The van der Waals surface area contributed by atoms with E-state index in [4.69, 9.17) is 21.1 Å². The third kappa shape index (κ3) is 5.58. The van der Waals surface area contributed by atoms with E-state index < -0.39 is 5.60 Å². The van der Waals surface area contributed by atoms with Gasteiger partial charge in [0.25, 0.3) is 0 Å². The van der Waals surface area contributed by atoms with Gasteiger partial charge in [-0.15, -0.1) is 0 Å². The first-order valence-electron chi connectivity index (χ1n) is 9.23. The van der Waals surface area contributed by atoms with Crippen molar-refractivity contribution >= 4 is 17.5 Å². The number of benzene rings is 1. The number of likely N-dealkylation sites (tertiary alicyclic amines) is 1. The van der Waals surface area contributed by atoms with E-state index in [-0.39, 0.29) is 12.5 Å². The van der Waals surface area contributed by atoms with Gasteiger partial charge in [-0.3, -0.25) is 9.69 Å². The number of carbonyl (C=O) groups excluding carboxylic acids is 1. The monoisotopic (exact) mass is 382 g/mol. The molecule has 2 fully saturated rings. The van der Waals surface area contributed by atoms with Gasteiger partial charge in [-0.2, -0.15) is 0 Å². The van der Waals surface area contributed by atoms with Gasteiger partial charge < -0.3 is 19.5 Å². The highest BCUT2D eigenvalue weighted by molar-refractivity contribution is 6.30. The fourth-order valence-corrected chi connectivity index (χ4v) is 3.58. The van der Waals surface area contributed by atoms with E-state index in [0.717, 1.165) is 19.5 Å². The maximum Gasteiger partial charge on any atom is 0.236 e. The summed E-state index contributed by atoms with van der Waals surface area (Å²) in [6.45, 7) is 4.86. The van der Waals surface area contributed by atoms with Gasteiger partial charge in [-0.05, 0) is 37.5 Å². The molecule has 1 atom stereocenters. The van der Waals surface area contributed by atoms with Gasteiger partial charge in [-0.25, -0.2) is 0 Å². The van der Waals surface area contributed by atoms with E-state index in [2.05, 4.69) is 4.90 Å². The van der Waals surface area contributed by atoms with Gasteiger partial charge in [0.2, 0.25) is 5.91 Å². The van der Waals surface area contributed by atoms with Crippen molar-refractivity contribution in [3.05, 3.63) is 29.3 Å². The summed E-state index contributed by atoms with van der Waals surface area (Å²) in [6, 6.07) is 7.16. The minimum Gasteiger partial charge on any atom is -0.491 e. The summed E-state index contributed by atoms with van der Waals surface area (Å²) < 4.78 is 11.1. The fourth-order valence-electron chi connectivity index (χ4n) is 3.40. The molecule has 0 bridgehead atoms. The molecule has 1 unspecified atom stereocenters. The van der Waals surface area contributed by atoms with Crippen LogP contribution in [0.15, 0.2) is 24.3 Å². The lowest BCUT2D eigenvalue weighted by Gasteiger charge is -2.29. The van der Waals surface area contributed by atoms with Crippen LogP contribution in [0.1, 0.15) is 19.3 Å². The van der Waals surface area contributed by atoms with Gasteiger partial charge >= 0.3 is 0 Å². The molecule has 26 heavy (non-hydrogen) atoms. The van der Waals surface area contributed by atoms with E-state index in [1.807, 2.05) is 17.0 Å². The van der Waals surface area contributed by atoms with Crippen LogP contribution in [0.5, 0.6) is 5.75 Å². The molecule has 1 amide bonds. The lowest BCUT2D eigenvalue weighted by Crippen LogP contribution is -2.45. The first-order chi connectivity index (χ1) is 12.5. The summed E-state index contributed by atoms with van der Waals surface area (Å²) in [5, 5.41) is 11.5. The molecular weight excluding hydrogens is 356 g/mol. The highest BCUT2D eigenvalue weighted by atomic mass is 35.5. The molecule has 2 heterocycles. The van der Waals surface area contributed by atoms with Crippen molar-refractivity contribution in [2.75, 3.05) is 52.5 Å². The number of halogens is 1. The van der Waals surface area contributed by atoms with Crippen molar-refractivity contribution < 1.29 is 19.4 Å². The van der Waals surface area contributed by atoms with Crippen molar-refractivity contribution in [2.24, 2.45) is 0 Å². The average molecular weight is 383 g/mol. The molecule has 0 aliphatic carbocycles. The number of hydrogen-bond donors (Lipinski definition) is 1. The lowest BCUT2D eigenvalue weighted by molar-refractivity contribution is -0.133. The summed E-state index contributed by atoms with van der Waals surface area (Å²) in [7, 11) is 0. The minimum absolute atomic E-state index is 0.131. The smallest absolute Gasteiger partial charge is 0.236 e. The summed E-state index contributed by atoms with van der Waals surface area (Å²) in [4.78, 5) is 16.6. The third-order valence-corrected chi connectivity index (χ3v) is 5.27. The number of aliphatic hydroxyl groups is 1. The molecule has 144 valence electrons. The maximum absolute atomic E-state index is 12.6. The van der Waals surface area contributed by atoms with Crippen LogP contribution in [0.3, 0.4) is 0 Å². The molecule has 7 heteroatoms. The Morgan fingerprint density at radius 3 is 2.81 bits per heavy atom. The molecule has 1 N–H and O–H groups in total. The molecule has 2 aliphatic heterocycles. The topological polar surface area (TPSA) is 62.2 Å². The van der Waals surface area contributed by atoms with Crippen molar-refractivity contribution in [2.45, 2.75) is 24.9 Å². The number of amides is 1. The molecule has 1 aromatic rings. The predicted molar refractivity (Wildman–Crippen MR) is 99.6 cm³/mol. The number of nitrogens with zero attached hydrogens (tertiary/aromatic N) is 2. The van der Waals surface area contributed by atoms with E-state index >= 15 is 0 Å². The number of hydrogen-bond acceptors (Lipinski definition) is 5. The SMILES string of the molecule is O=C(CN1CCOCC1)N1CCCC(O)(COc2cccc(Cl)c2)CC1. The third-order valence-electron chi connectivity index (χ3n) is 5.04. The Labute approximate surface area is 159 Å². The Balaban J connectivity index is 1.49. The van der Waals surface area contributed by atoms with Crippen molar-refractivity contribution in [1.82, 2.24) is 9.80 Å². The Hall–Kier alpha value is -1.34. The number of morpholine rings is 1. The number of rotatable bonds is 5. The Kier molecular flexibility index (Phi) is 6.75. The van der Waals surface area contributed by atoms with Crippen LogP contribution in [0.25, 0.3) is 0 Å². The minimum atomic E-state index is -0.920. The van der Waals surface area contributed by atoms with Gasteiger partial charge in [0, 0.05) is 31.2 Å². The van der Waals surface area contributed by atoms with Crippen molar-refractivity contribution in [3.63, 3.8) is 0 Å². The highest BCUT2D eigenvalue weighted by Gasteiger charge is 2.32. The van der Waals surface area contributed by atoms with Crippen LogP contribution in [-0.2, 0) is 9.53 Å². The van der Waals surface area contributed by atoms with Crippen LogP contribution in [0.4, 0.5) is 0 Å². The molecular formula is C19H27ClN2O4. The first kappa shape index (κ1) is 19.4. The number of carbonyl (C=O) groups is 1. The van der Waals surface area contributed by atoms with Crippen molar-refractivity contribution in [1.29, 1.82) is 0 Å². The van der Waals surface area contributed by atoms with Crippen LogP contribution in [0, 0.1) is 0 Å². The van der Waals surface area contributed by atoms with E-state index in [9.17, 15) is 9.90 Å². The molecule has 0 spiro atoms.